The van der Waals surface area contributed by atoms with E-state index in [-0.39, 0.29) is 22.8 Å². The fourth-order valence-electron chi connectivity index (χ4n) is 3.65. The summed E-state index contributed by atoms with van der Waals surface area (Å²) in [6, 6.07) is 5.72. The van der Waals surface area contributed by atoms with E-state index in [4.69, 9.17) is 15.2 Å². The Morgan fingerprint density at radius 3 is 2.58 bits per heavy atom. The van der Waals surface area contributed by atoms with E-state index < -0.39 is 41.5 Å². The Morgan fingerprint density at radius 2 is 1.97 bits per heavy atom. The van der Waals surface area contributed by atoms with Gasteiger partial charge in [-0.1, -0.05) is 6.92 Å². The van der Waals surface area contributed by atoms with Gasteiger partial charge in [-0.25, -0.2) is 0 Å². The highest BCUT2D eigenvalue weighted by Crippen LogP contribution is 2.54. The lowest BCUT2D eigenvalue weighted by atomic mass is 9.78. The molecule has 3 rings (SSSR count). The number of amides is 2. The van der Waals surface area contributed by atoms with Crippen molar-refractivity contribution in [3.63, 3.8) is 0 Å². The smallest absolute Gasteiger partial charge is 0.417 e. The number of nitrogens with one attached hydrogen (secondary N) is 1. The number of halogens is 3. The van der Waals surface area contributed by atoms with Crippen LogP contribution in [0.15, 0.2) is 36.7 Å². The average molecular weight is 438 g/mol. The van der Waals surface area contributed by atoms with Gasteiger partial charge in [-0.2, -0.15) is 13.2 Å². The van der Waals surface area contributed by atoms with Gasteiger partial charge in [0.15, 0.2) is 5.60 Å². The lowest BCUT2D eigenvalue weighted by molar-refractivity contribution is -0.272. The SMILES string of the molecule is COc1cccnc1[C@H]1[C@@H](C)[C@](C)(C(F)(F)F)O[C@H]1C(=O)Nc1ccnc(C(N)=O)c1. The van der Waals surface area contributed by atoms with Gasteiger partial charge in [0.05, 0.1) is 12.8 Å². The molecule has 3 heterocycles. The molecule has 0 saturated carbocycles. The topological polar surface area (TPSA) is 116 Å². The lowest BCUT2D eigenvalue weighted by Gasteiger charge is -2.31. The summed E-state index contributed by atoms with van der Waals surface area (Å²) in [5.74, 6) is -3.63. The highest BCUT2D eigenvalue weighted by Gasteiger charge is 2.66. The van der Waals surface area contributed by atoms with Crippen LogP contribution in [0, 0.1) is 5.92 Å². The van der Waals surface area contributed by atoms with Crippen molar-refractivity contribution in [2.45, 2.75) is 37.6 Å². The predicted octanol–water partition coefficient (Wildman–Crippen LogP) is 2.66. The quantitative estimate of drug-likeness (QED) is 0.742. The number of hydrogen-bond acceptors (Lipinski definition) is 6. The van der Waals surface area contributed by atoms with Gasteiger partial charge < -0.3 is 20.5 Å². The van der Waals surface area contributed by atoms with Gasteiger partial charge in [0, 0.05) is 29.9 Å². The molecule has 8 nitrogen and oxygen atoms in total. The van der Waals surface area contributed by atoms with Gasteiger partial charge in [0.1, 0.15) is 17.5 Å². The Labute approximate surface area is 176 Å². The molecule has 4 atom stereocenters. The fraction of sp³-hybridized carbons (Fsp3) is 0.400. The molecule has 0 unspecified atom stereocenters. The van der Waals surface area contributed by atoms with Gasteiger partial charge in [0.2, 0.25) is 0 Å². The summed E-state index contributed by atoms with van der Waals surface area (Å²) < 4.78 is 52.3. The van der Waals surface area contributed by atoms with Crippen molar-refractivity contribution in [2.75, 3.05) is 12.4 Å². The molecule has 0 spiro atoms. The minimum absolute atomic E-state index is 0.110. The summed E-state index contributed by atoms with van der Waals surface area (Å²) in [6.07, 6.45) is -3.62. The maximum Gasteiger partial charge on any atom is 0.417 e. The first kappa shape index (κ1) is 22.5. The summed E-state index contributed by atoms with van der Waals surface area (Å²) in [7, 11) is 1.36. The van der Waals surface area contributed by atoms with Gasteiger partial charge in [-0.3, -0.25) is 19.6 Å². The second-order valence-corrected chi connectivity index (χ2v) is 7.33. The molecule has 31 heavy (non-hydrogen) atoms. The third-order valence-corrected chi connectivity index (χ3v) is 5.54. The molecule has 2 amide bonds. The zero-order valence-corrected chi connectivity index (χ0v) is 16.9. The van der Waals surface area contributed by atoms with Gasteiger partial charge in [0.25, 0.3) is 11.8 Å². The lowest BCUT2D eigenvalue weighted by Crippen LogP contribution is -2.47. The molecule has 11 heteroatoms. The summed E-state index contributed by atoms with van der Waals surface area (Å²) in [6.45, 7) is 2.27. The molecule has 1 aliphatic heterocycles. The zero-order chi connectivity index (χ0) is 23.0. The van der Waals surface area contributed by atoms with E-state index in [9.17, 15) is 22.8 Å². The van der Waals surface area contributed by atoms with E-state index in [1.165, 1.54) is 38.6 Å². The number of pyridine rings is 2. The third-order valence-electron chi connectivity index (χ3n) is 5.54. The summed E-state index contributed by atoms with van der Waals surface area (Å²) in [5.41, 5.74) is 2.79. The molecule has 0 aromatic carbocycles. The minimum Gasteiger partial charge on any atom is -0.495 e. The molecule has 0 bridgehead atoms. The van der Waals surface area contributed by atoms with Gasteiger partial charge >= 0.3 is 6.18 Å². The molecule has 1 fully saturated rings. The number of anilines is 1. The number of carbonyl (C=O) groups excluding carboxylic acids is 2. The van der Waals surface area contributed by atoms with Gasteiger partial charge in [-0.15, -0.1) is 0 Å². The maximum atomic E-state index is 13.9. The van der Waals surface area contributed by atoms with Crippen LogP contribution in [-0.4, -0.2) is 46.8 Å². The molecular weight excluding hydrogens is 417 g/mol. The average Bonchev–Trinajstić information content (AvgIpc) is 3.00. The number of ether oxygens (including phenoxy) is 2. The van der Waals surface area contributed by atoms with Crippen molar-refractivity contribution in [1.29, 1.82) is 0 Å². The summed E-state index contributed by atoms with van der Waals surface area (Å²) in [5, 5.41) is 2.48. The number of hydrogen-bond donors (Lipinski definition) is 2. The molecule has 1 saturated heterocycles. The monoisotopic (exact) mass is 438 g/mol. The number of carbonyl (C=O) groups is 2. The first-order chi connectivity index (χ1) is 14.5. The fourth-order valence-corrected chi connectivity index (χ4v) is 3.65. The normalized spacial score (nSPS) is 25.8. The molecule has 2 aromatic heterocycles. The number of methoxy groups -OCH3 is 1. The van der Waals surface area contributed by atoms with Crippen LogP contribution in [0.4, 0.5) is 18.9 Å². The van der Waals surface area contributed by atoms with E-state index in [0.717, 1.165) is 6.92 Å². The van der Waals surface area contributed by atoms with E-state index in [0.29, 0.717) is 0 Å². The molecule has 0 aliphatic carbocycles. The minimum atomic E-state index is -4.74. The van der Waals surface area contributed by atoms with Crippen LogP contribution in [0.1, 0.15) is 35.9 Å². The Morgan fingerprint density at radius 1 is 1.26 bits per heavy atom. The largest absolute Gasteiger partial charge is 0.495 e. The maximum absolute atomic E-state index is 13.9. The zero-order valence-electron chi connectivity index (χ0n) is 16.9. The first-order valence-corrected chi connectivity index (χ1v) is 9.29. The van der Waals surface area contributed by atoms with Crippen LogP contribution in [0.3, 0.4) is 0 Å². The van der Waals surface area contributed by atoms with Crippen LogP contribution in [0.5, 0.6) is 5.75 Å². The number of rotatable bonds is 5. The molecule has 3 N–H and O–H groups in total. The van der Waals surface area contributed by atoms with E-state index in [1.807, 2.05) is 0 Å². The van der Waals surface area contributed by atoms with Crippen molar-refractivity contribution in [3.05, 3.63) is 48.0 Å². The third kappa shape index (κ3) is 4.05. The van der Waals surface area contributed by atoms with Crippen molar-refractivity contribution in [2.24, 2.45) is 11.7 Å². The molecule has 2 aromatic rings. The standard InChI is InChI=1S/C20H21F3N4O4/c1-10-14(15-13(30-3)5-4-7-26-15)16(31-19(10,2)20(21,22)23)18(29)27-11-6-8-25-12(9-11)17(24)28/h4-10,14,16H,1-3H3,(H2,24,28)(H,25,27,29)/t10-,14-,16-,19-/m1/s1. The first-order valence-electron chi connectivity index (χ1n) is 9.29. The Hall–Kier alpha value is -3.21. The second kappa shape index (κ2) is 8.14. The van der Waals surface area contributed by atoms with Crippen LogP contribution in [-0.2, 0) is 9.53 Å². The van der Waals surface area contributed by atoms with Crippen molar-refractivity contribution in [1.82, 2.24) is 9.97 Å². The Balaban J connectivity index is 2.01. The number of aromatic nitrogens is 2. The predicted molar refractivity (Wildman–Crippen MR) is 103 cm³/mol. The molecular formula is C20H21F3N4O4. The Kier molecular flexibility index (Phi) is 5.90. The number of primary amides is 1. The van der Waals surface area contributed by atoms with E-state index in [2.05, 4.69) is 15.3 Å². The molecule has 0 radical (unpaired) electrons. The highest BCUT2D eigenvalue weighted by atomic mass is 19.4. The van der Waals surface area contributed by atoms with Crippen LogP contribution >= 0.6 is 0 Å². The van der Waals surface area contributed by atoms with E-state index in [1.54, 1.807) is 12.1 Å². The second-order valence-electron chi connectivity index (χ2n) is 7.33. The highest BCUT2D eigenvalue weighted by molar-refractivity contribution is 5.97. The van der Waals surface area contributed by atoms with Gasteiger partial charge in [-0.05, 0) is 31.2 Å². The summed E-state index contributed by atoms with van der Waals surface area (Å²) >= 11 is 0. The summed E-state index contributed by atoms with van der Waals surface area (Å²) in [4.78, 5) is 32.3. The van der Waals surface area contributed by atoms with Crippen molar-refractivity contribution in [3.8, 4) is 5.75 Å². The van der Waals surface area contributed by atoms with Crippen LogP contribution < -0.4 is 15.8 Å². The van der Waals surface area contributed by atoms with Crippen molar-refractivity contribution >= 4 is 17.5 Å². The number of alkyl halides is 3. The number of nitrogens with zero attached hydrogens (tertiary/aromatic N) is 2. The molecule has 1 aliphatic rings. The van der Waals surface area contributed by atoms with E-state index >= 15 is 0 Å². The van der Waals surface area contributed by atoms with Crippen LogP contribution in [0.2, 0.25) is 0 Å². The Bertz CT molecular complexity index is 1000. The molecule has 166 valence electrons. The number of nitrogens with two attached hydrogens (primary N) is 1. The van der Waals surface area contributed by atoms with Crippen LogP contribution in [0.25, 0.3) is 0 Å². The van der Waals surface area contributed by atoms with Crippen molar-refractivity contribution < 1.29 is 32.2 Å².